The quantitative estimate of drug-likeness (QED) is 0.670. The Bertz CT molecular complexity index is 696. The zero-order chi connectivity index (χ0) is 18.2. The molecule has 1 N–H and O–H groups in total. The lowest BCUT2D eigenvalue weighted by Crippen LogP contribution is -2.27. The normalized spacial score (nSPS) is 10.8. The summed E-state index contributed by atoms with van der Waals surface area (Å²) in [7, 11) is 0. The highest BCUT2D eigenvalue weighted by Gasteiger charge is 2.11. The smallest absolute Gasteiger partial charge is 0.251 e. The first-order valence-corrected chi connectivity index (χ1v) is 9.71. The van der Waals surface area contributed by atoms with Crippen LogP contribution in [0.15, 0.2) is 47.4 Å². The van der Waals surface area contributed by atoms with Gasteiger partial charge in [0, 0.05) is 28.3 Å². The van der Waals surface area contributed by atoms with Crippen LogP contribution in [0.4, 0.5) is 0 Å². The van der Waals surface area contributed by atoms with Crippen molar-refractivity contribution in [1.29, 1.82) is 0 Å². The lowest BCUT2D eigenvalue weighted by atomic mass is 10.1. The minimum absolute atomic E-state index is 0.0293. The molecule has 0 fully saturated rings. The largest absolute Gasteiger partial charge is 0.494 e. The van der Waals surface area contributed by atoms with Gasteiger partial charge < -0.3 is 10.1 Å². The third-order valence-electron chi connectivity index (χ3n) is 3.71. The lowest BCUT2D eigenvalue weighted by Gasteiger charge is -2.13. The standard InChI is InChI=1S/C21H27NO2S/c1-5-24-20-11-8-17(21(23)22-13-15(2)3)12-18(20)14-25-19-9-6-16(4)7-10-19/h6-12,15H,5,13-14H2,1-4H3,(H,22,23). The van der Waals surface area contributed by atoms with Crippen LogP contribution in [0.25, 0.3) is 0 Å². The van der Waals surface area contributed by atoms with Crippen LogP contribution in [0.2, 0.25) is 0 Å². The molecular formula is C21H27NO2S. The number of carbonyl (C=O) groups is 1. The van der Waals surface area contributed by atoms with Crippen molar-refractivity contribution in [3.8, 4) is 5.75 Å². The molecule has 0 saturated heterocycles. The van der Waals surface area contributed by atoms with Gasteiger partial charge in [0.05, 0.1) is 6.61 Å². The molecule has 0 aliphatic rings. The summed E-state index contributed by atoms with van der Waals surface area (Å²) in [5.41, 5.74) is 2.98. The summed E-state index contributed by atoms with van der Waals surface area (Å²) in [6.45, 7) is 9.52. The Morgan fingerprint density at radius 2 is 1.88 bits per heavy atom. The van der Waals surface area contributed by atoms with Gasteiger partial charge in [0.2, 0.25) is 0 Å². The fourth-order valence-electron chi connectivity index (χ4n) is 2.32. The van der Waals surface area contributed by atoms with Gasteiger partial charge in [-0.2, -0.15) is 0 Å². The molecule has 0 aliphatic carbocycles. The molecule has 2 aromatic rings. The SMILES string of the molecule is CCOc1ccc(C(=O)NCC(C)C)cc1CSc1ccc(C)cc1. The van der Waals surface area contributed by atoms with E-state index < -0.39 is 0 Å². The molecule has 2 aromatic carbocycles. The van der Waals surface area contributed by atoms with Crippen LogP contribution in [0.5, 0.6) is 5.75 Å². The summed E-state index contributed by atoms with van der Waals surface area (Å²) in [5.74, 6) is 2.02. The van der Waals surface area contributed by atoms with Gasteiger partial charge in [-0.3, -0.25) is 4.79 Å². The predicted octanol–water partition coefficient (Wildman–Crippen LogP) is 5.07. The number of aryl methyl sites for hydroxylation is 1. The number of benzene rings is 2. The van der Waals surface area contributed by atoms with Gasteiger partial charge in [-0.25, -0.2) is 0 Å². The van der Waals surface area contributed by atoms with E-state index in [-0.39, 0.29) is 5.91 Å². The molecule has 0 atom stereocenters. The molecule has 25 heavy (non-hydrogen) atoms. The number of ether oxygens (including phenoxy) is 1. The first-order valence-electron chi connectivity index (χ1n) is 8.73. The Morgan fingerprint density at radius 3 is 2.52 bits per heavy atom. The van der Waals surface area contributed by atoms with Crippen LogP contribution in [0.1, 0.15) is 42.3 Å². The number of hydrogen-bond donors (Lipinski definition) is 1. The Morgan fingerprint density at radius 1 is 1.16 bits per heavy atom. The van der Waals surface area contributed by atoms with Crippen molar-refractivity contribution < 1.29 is 9.53 Å². The van der Waals surface area contributed by atoms with Crippen molar-refractivity contribution in [1.82, 2.24) is 5.32 Å². The molecule has 0 aliphatic heterocycles. The maximum atomic E-state index is 12.3. The summed E-state index contributed by atoms with van der Waals surface area (Å²) in [6, 6.07) is 14.2. The number of rotatable bonds is 8. The molecule has 0 spiro atoms. The molecule has 3 nitrogen and oxygen atoms in total. The number of amides is 1. The number of carbonyl (C=O) groups excluding carboxylic acids is 1. The highest BCUT2D eigenvalue weighted by atomic mass is 32.2. The third-order valence-corrected chi connectivity index (χ3v) is 4.77. The van der Waals surface area contributed by atoms with Gasteiger partial charge in [0.25, 0.3) is 5.91 Å². The van der Waals surface area contributed by atoms with Gasteiger partial charge in [-0.15, -0.1) is 11.8 Å². The second-order valence-electron chi connectivity index (χ2n) is 6.46. The molecule has 2 rings (SSSR count). The minimum atomic E-state index is -0.0293. The van der Waals surface area contributed by atoms with Crippen molar-refractivity contribution >= 4 is 17.7 Å². The summed E-state index contributed by atoms with van der Waals surface area (Å²) in [4.78, 5) is 13.5. The molecule has 134 valence electrons. The molecule has 0 saturated carbocycles. The van der Waals surface area contributed by atoms with Crippen LogP contribution in [-0.2, 0) is 5.75 Å². The Kier molecular flexibility index (Phi) is 7.38. The van der Waals surface area contributed by atoms with Gasteiger partial charge in [0.1, 0.15) is 5.75 Å². The Hall–Kier alpha value is -1.94. The van der Waals surface area contributed by atoms with E-state index in [9.17, 15) is 4.79 Å². The summed E-state index contributed by atoms with van der Waals surface area (Å²) < 4.78 is 5.73. The zero-order valence-corrected chi connectivity index (χ0v) is 16.3. The molecule has 0 aromatic heterocycles. The van der Waals surface area contributed by atoms with E-state index in [1.54, 1.807) is 11.8 Å². The molecule has 0 unspecified atom stereocenters. The maximum absolute atomic E-state index is 12.3. The highest BCUT2D eigenvalue weighted by molar-refractivity contribution is 7.98. The number of hydrogen-bond acceptors (Lipinski definition) is 3. The van der Waals surface area contributed by atoms with Gasteiger partial charge in [0.15, 0.2) is 0 Å². The van der Waals surface area contributed by atoms with Crippen LogP contribution in [0, 0.1) is 12.8 Å². The van der Waals surface area contributed by atoms with E-state index in [1.165, 1.54) is 10.5 Å². The van der Waals surface area contributed by atoms with Crippen molar-refractivity contribution in [2.24, 2.45) is 5.92 Å². The second kappa shape index (κ2) is 9.52. The van der Waals surface area contributed by atoms with Gasteiger partial charge in [-0.05, 0) is 50.1 Å². The van der Waals surface area contributed by atoms with Gasteiger partial charge in [-0.1, -0.05) is 31.5 Å². The molecule has 1 amide bonds. The number of thioether (sulfide) groups is 1. The average Bonchev–Trinajstić information content (AvgIpc) is 2.60. The van der Waals surface area contributed by atoms with Crippen molar-refractivity contribution in [2.75, 3.05) is 13.2 Å². The summed E-state index contributed by atoms with van der Waals surface area (Å²) in [6.07, 6.45) is 0. The topological polar surface area (TPSA) is 38.3 Å². The molecule has 0 heterocycles. The van der Waals surface area contributed by atoms with Crippen molar-refractivity contribution in [3.05, 3.63) is 59.2 Å². The predicted molar refractivity (Wildman–Crippen MR) is 106 cm³/mol. The van der Waals surface area contributed by atoms with E-state index in [4.69, 9.17) is 4.74 Å². The maximum Gasteiger partial charge on any atom is 0.251 e. The lowest BCUT2D eigenvalue weighted by molar-refractivity contribution is 0.0949. The molecule has 0 bridgehead atoms. The average molecular weight is 358 g/mol. The van der Waals surface area contributed by atoms with E-state index in [1.807, 2.05) is 25.1 Å². The zero-order valence-electron chi connectivity index (χ0n) is 15.5. The second-order valence-corrected chi connectivity index (χ2v) is 7.51. The van der Waals surface area contributed by atoms with Gasteiger partial charge >= 0.3 is 0 Å². The fraction of sp³-hybridized carbons (Fsp3) is 0.381. The van der Waals surface area contributed by atoms with Crippen LogP contribution in [-0.4, -0.2) is 19.1 Å². The fourth-order valence-corrected chi connectivity index (χ4v) is 3.20. The third kappa shape index (κ3) is 6.13. The summed E-state index contributed by atoms with van der Waals surface area (Å²) in [5, 5.41) is 2.97. The number of nitrogens with one attached hydrogen (secondary N) is 1. The van der Waals surface area contributed by atoms with E-state index in [2.05, 4.69) is 50.4 Å². The Balaban J connectivity index is 2.13. The molecule has 4 heteroatoms. The summed E-state index contributed by atoms with van der Waals surface area (Å²) >= 11 is 1.75. The molecule has 0 radical (unpaired) electrons. The molecular weight excluding hydrogens is 330 g/mol. The van der Waals surface area contributed by atoms with E-state index in [0.29, 0.717) is 24.6 Å². The van der Waals surface area contributed by atoms with Crippen LogP contribution >= 0.6 is 11.8 Å². The van der Waals surface area contributed by atoms with Crippen molar-refractivity contribution in [3.63, 3.8) is 0 Å². The van der Waals surface area contributed by atoms with E-state index in [0.717, 1.165) is 17.1 Å². The highest BCUT2D eigenvalue weighted by Crippen LogP contribution is 2.29. The minimum Gasteiger partial charge on any atom is -0.494 e. The Labute approximate surface area is 155 Å². The van der Waals surface area contributed by atoms with Crippen molar-refractivity contribution in [2.45, 2.75) is 38.3 Å². The first-order chi connectivity index (χ1) is 12.0. The van der Waals surface area contributed by atoms with E-state index >= 15 is 0 Å². The van der Waals surface area contributed by atoms with Crippen LogP contribution < -0.4 is 10.1 Å². The monoisotopic (exact) mass is 357 g/mol. The van der Waals surface area contributed by atoms with Crippen LogP contribution in [0.3, 0.4) is 0 Å². The first kappa shape index (κ1) is 19.4.